The smallest absolute Gasteiger partial charge is 0.303 e. The van der Waals surface area contributed by atoms with Crippen molar-refractivity contribution in [2.45, 2.75) is 51.4 Å². The molecule has 0 radical (unpaired) electrons. The largest absolute Gasteiger partial charge is 0.481 e. The van der Waals surface area contributed by atoms with E-state index in [2.05, 4.69) is 0 Å². The first-order valence-electron chi connectivity index (χ1n) is 6.05. The topological polar surface area (TPSA) is 57.5 Å². The molecule has 1 saturated carbocycles. The van der Waals surface area contributed by atoms with Gasteiger partial charge in [-0.05, 0) is 18.3 Å². The third-order valence-corrected chi connectivity index (χ3v) is 3.43. The van der Waals surface area contributed by atoms with Crippen LogP contribution in [0, 0.1) is 11.8 Å². The maximum atomic E-state index is 10.5. The quantitative estimate of drug-likeness (QED) is 0.714. The van der Waals surface area contributed by atoms with Crippen molar-refractivity contribution in [3.8, 4) is 0 Å². The minimum Gasteiger partial charge on any atom is -0.481 e. The summed E-state index contributed by atoms with van der Waals surface area (Å²) in [4.78, 5) is 10.5. The zero-order valence-electron chi connectivity index (χ0n) is 9.32. The van der Waals surface area contributed by atoms with Gasteiger partial charge in [-0.3, -0.25) is 4.79 Å². The van der Waals surface area contributed by atoms with E-state index in [-0.39, 0.29) is 18.9 Å². The Morgan fingerprint density at radius 3 is 2.47 bits per heavy atom. The van der Waals surface area contributed by atoms with E-state index in [9.17, 15) is 4.79 Å². The Morgan fingerprint density at radius 1 is 1.27 bits per heavy atom. The van der Waals surface area contributed by atoms with E-state index in [1.165, 1.54) is 32.1 Å². The van der Waals surface area contributed by atoms with Gasteiger partial charge >= 0.3 is 5.97 Å². The van der Waals surface area contributed by atoms with Gasteiger partial charge in [0.15, 0.2) is 0 Å². The van der Waals surface area contributed by atoms with E-state index >= 15 is 0 Å². The summed E-state index contributed by atoms with van der Waals surface area (Å²) in [6.45, 7) is 0.0129. The average molecular weight is 214 g/mol. The molecule has 1 atom stereocenters. The summed E-state index contributed by atoms with van der Waals surface area (Å²) in [6, 6.07) is 0. The summed E-state index contributed by atoms with van der Waals surface area (Å²) in [5, 5.41) is 17.7. The molecule has 3 nitrogen and oxygen atoms in total. The number of aliphatic hydroxyl groups excluding tert-OH is 1. The first-order chi connectivity index (χ1) is 7.22. The molecular formula is C12H22O3. The molecule has 0 saturated heterocycles. The van der Waals surface area contributed by atoms with Crippen molar-refractivity contribution in [2.24, 2.45) is 11.8 Å². The van der Waals surface area contributed by atoms with Crippen LogP contribution in [0.3, 0.4) is 0 Å². The van der Waals surface area contributed by atoms with Gasteiger partial charge < -0.3 is 10.2 Å². The molecule has 0 aromatic heterocycles. The van der Waals surface area contributed by atoms with Crippen molar-refractivity contribution in [2.75, 3.05) is 6.61 Å². The summed E-state index contributed by atoms with van der Waals surface area (Å²) < 4.78 is 0. The molecule has 0 amide bonds. The van der Waals surface area contributed by atoms with E-state index in [1.807, 2.05) is 0 Å². The molecule has 0 aliphatic heterocycles. The lowest BCUT2D eigenvalue weighted by Gasteiger charge is -2.23. The molecule has 0 heterocycles. The predicted octanol–water partition coefficient (Wildman–Crippen LogP) is 2.43. The minimum atomic E-state index is -0.794. The molecule has 15 heavy (non-hydrogen) atoms. The highest BCUT2D eigenvalue weighted by Crippen LogP contribution is 2.29. The van der Waals surface area contributed by atoms with Gasteiger partial charge in [0.2, 0.25) is 0 Å². The molecule has 0 spiro atoms. The fraction of sp³-hybridized carbons (Fsp3) is 0.917. The number of hydrogen-bond donors (Lipinski definition) is 2. The Kier molecular flexibility index (Phi) is 5.69. The predicted molar refractivity (Wildman–Crippen MR) is 58.6 cm³/mol. The number of aliphatic carboxylic acids is 1. The lowest BCUT2D eigenvalue weighted by Crippen LogP contribution is -2.15. The van der Waals surface area contributed by atoms with Crippen molar-refractivity contribution in [1.82, 2.24) is 0 Å². The van der Waals surface area contributed by atoms with Gasteiger partial charge in [0, 0.05) is 6.61 Å². The van der Waals surface area contributed by atoms with Crippen LogP contribution in [0.15, 0.2) is 0 Å². The van der Waals surface area contributed by atoms with E-state index in [0.29, 0.717) is 0 Å². The van der Waals surface area contributed by atoms with Crippen molar-refractivity contribution in [1.29, 1.82) is 0 Å². The Balaban J connectivity index is 2.17. The zero-order chi connectivity index (χ0) is 11.1. The molecular weight excluding hydrogens is 192 g/mol. The highest BCUT2D eigenvalue weighted by Gasteiger charge is 2.17. The minimum absolute atomic E-state index is 0.0129. The van der Waals surface area contributed by atoms with Crippen molar-refractivity contribution >= 4 is 5.97 Å². The first-order valence-corrected chi connectivity index (χ1v) is 6.05. The summed E-state index contributed by atoms with van der Waals surface area (Å²) in [7, 11) is 0. The number of rotatable bonds is 6. The molecule has 1 fully saturated rings. The first kappa shape index (κ1) is 12.5. The monoisotopic (exact) mass is 214 g/mol. The molecule has 1 rings (SSSR count). The van der Waals surface area contributed by atoms with E-state index in [0.717, 1.165) is 18.8 Å². The molecule has 3 heteroatoms. The number of carboxylic acid groups (broad SMARTS) is 1. The van der Waals surface area contributed by atoms with Gasteiger partial charge in [-0.15, -0.1) is 0 Å². The zero-order valence-corrected chi connectivity index (χ0v) is 9.32. The second-order valence-corrected chi connectivity index (χ2v) is 4.73. The van der Waals surface area contributed by atoms with Crippen LogP contribution in [-0.2, 0) is 4.79 Å². The molecule has 1 unspecified atom stereocenters. The fourth-order valence-corrected chi connectivity index (χ4v) is 2.45. The van der Waals surface area contributed by atoms with E-state index in [1.54, 1.807) is 0 Å². The molecule has 0 bridgehead atoms. The van der Waals surface area contributed by atoms with Crippen LogP contribution >= 0.6 is 0 Å². The number of carbonyl (C=O) groups is 1. The highest BCUT2D eigenvalue weighted by atomic mass is 16.4. The van der Waals surface area contributed by atoms with Gasteiger partial charge in [-0.25, -0.2) is 0 Å². The average Bonchev–Trinajstić information content (AvgIpc) is 2.25. The normalized spacial score (nSPS) is 20.1. The molecule has 1 aliphatic carbocycles. The Labute approximate surface area is 91.5 Å². The van der Waals surface area contributed by atoms with Crippen molar-refractivity contribution < 1.29 is 15.0 Å². The third kappa shape index (κ3) is 5.17. The van der Waals surface area contributed by atoms with E-state index in [4.69, 9.17) is 10.2 Å². The second kappa shape index (κ2) is 6.83. The van der Waals surface area contributed by atoms with Gasteiger partial charge in [0.25, 0.3) is 0 Å². The van der Waals surface area contributed by atoms with Crippen LogP contribution in [0.2, 0.25) is 0 Å². The fourth-order valence-electron chi connectivity index (χ4n) is 2.45. The Bertz CT molecular complexity index is 185. The van der Waals surface area contributed by atoms with Crippen LogP contribution in [0.4, 0.5) is 0 Å². The summed E-state index contributed by atoms with van der Waals surface area (Å²) >= 11 is 0. The molecule has 88 valence electrons. The van der Waals surface area contributed by atoms with Crippen LogP contribution in [0.25, 0.3) is 0 Å². The maximum absolute atomic E-state index is 10.5. The van der Waals surface area contributed by atoms with Gasteiger partial charge in [0.1, 0.15) is 0 Å². The van der Waals surface area contributed by atoms with Crippen molar-refractivity contribution in [3.05, 3.63) is 0 Å². The Morgan fingerprint density at radius 2 is 1.93 bits per heavy atom. The molecule has 2 N–H and O–H groups in total. The lowest BCUT2D eigenvalue weighted by atomic mass is 9.84. The van der Waals surface area contributed by atoms with Crippen LogP contribution in [-0.4, -0.2) is 22.8 Å². The summed E-state index contributed by atoms with van der Waals surface area (Å²) in [6.07, 6.45) is 8.68. The molecule has 1 aliphatic rings. The van der Waals surface area contributed by atoms with Crippen LogP contribution in [0.1, 0.15) is 51.4 Å². The van der Waals surface area contributed by atoms with Gasteiger partial charge in [-0.2, -0.15) is 0 Å². The van der Waals surface area contributed by atoms with Gasteiger partial charge in [-0.1, -0.05) is 38.5 Å². The molecule has 0 aromatic carbocycles. The third-order valence-electron chi connectivity index (χ3n) is 3.43. The number of hydrogen-bond acceptors (Lipinski definition) is 2. The number of aliphatic hydroxyl groups is 1. The Hall–Kier alpha value is -0.570. The summed E-state index contributed by atoms with van der Waals surface area (Å²) in [5.74, 6) is -0.0521. The number of carboxylic acids is 1. The standard InChI is InChI=1S/C12H22O3/c13-9-11(8-12(14)15)7-6-10-4-2-1-3-5-10/h10-11,13H,1-9H2,(H,14,15). The van der Waals surface area contributed by atoms with Gasteiger partial charge in [0.05, 0.1) is 6.42 Å². The maximum Gasteiger partial charge on any atom is 0.303 e. The SMILES string of the molecule is O=C(O)CC(CO)CCC1CCCCC1. The highest BCUT2D eigenvalue weighted by molar-refractivity contribution is 5.67. The summed E-state index contributed by atoms with van der Waals surface area (Å²) in [5.41, 5.74) is 0. The van der Waals surface area contributed by atoms with Crippen LogP contribution in [0.5, 0.6) is 0 Å². The molecule has 0 aromatic rings. The second-order valence-electron chi connectivity index (χ2n) is 4.73. The van der Waals surface area contributed by atoms with Crippen LogP contribution < -0.4 is 0 Å². The van der Waals surface area contributed by atoms with Crippen molar-refractivity contribution in [3.63, 3.8) is 0 Å². The lowest BCUT2D eigenvalue weighted by molar-refractivity contribution is -0.138. The van der Waals surface area contributed by atoms with E-state index < -0.39 is 5.97 Å².